The van der Waals surface area contributed by atoms with Crippen LogP contribution in [0, 0.1) is 0 Å². The molecular formula is C14H20Cl2N4O. The van der Waals surface area contributed by atoms with Crippen molar-refractivity contribution in [3.05, 3.63) is 21.9 Å². The molecule has 0 saturated carbocycles. The largest absolute Gasteiger partial charge is 0.339 e. The molecule has 1 aliphatic heterocycles. The van der Waals surface area contributed by atoms with Crippen LogP contribution < -0.4 is 0 Å². The molecule has 1 fully saturated rings. The van der Waals surface area contributed by atoms with Crippen LogP contribution in [0.1, 0.15) is 36.5 Å². The lowest BCUT2D eigenvalue weighted by atomic mass is 10.0. The fourth-order valence-electron chi connectivity index (χ4n) is 2.71. The van der Waals surface area contributed by atoms with Crippen molar-refractivity contribution in [3.8, 4) is 0 Å². The number of halogens is 2. The van der Waals surface area contributed by atoms with Crippen LogP contribution >= 0.6 is 23.2 Å². The van der Waals surface area contributed by atoms with Crippen molar-refractivity contribution in [1.29, 1.82) is 0 Å². The van der Waals surface area contributed by atoms with Gasteiger partial charge in [-0.2, -0.15) is 0 Å². The number of hydrogen-bond acceptors (Lipinski definition) is 4. The van der Waals surface area contributed by atoms with E-state index in [0.717, 1.165) is 38.9 Å². The maximum absolute atomic E-state index is 12.5. The van der Waals surface area contributed by atoms with Crippen LogP contribution in [-0.2, 0) is 0 Å². The van der Waals surface area contributed by atoms with Gasteiger partial charge in [0.2, 0.25) is 0 Å². The van der Waals surface area contributed by atoms with Gasteiger partial charge in [-0.05, 0) is 31.9 Å². The Morgan fingerprint density at radius 1 is 1.38 bits per heavy atom. The minimum absolute atomic E-state index is 0.0969. The lowest BCUT2D eigenvalue weighted by Gasteiger charge is -2.36. The lowest BCUT2D eigenvalue weighted by molar-refractivity contribution is 0.0642. The number of nitrogens with zero attached hydrogens (tertiary/aromatic N) is 4. The number of hydrogen-bond donors (Lipinski definition) is 0. The van der Waals surface area contributed by atoms with E-state index in [9.17, 15) is 4.79 Å². The molecule has 7 heteroatoms. The second kappa shape index (κ2) is 7.38. The van der Waals surface area contributed by atoms with Gasteiger partial charge in [0.1, 0.15) is 0 Å². The lowest BCUT2D eigenvalue weighted by Crippen LogP contribution is -2.45. The van der Waals surface area contributed by atoms with Crippen LogP contribution in [0.4, 0.5) is 0 Å². The fraction of sp³-hybridized carbons (Fsp3) is 0.643. The third-order valence-corrected chi connectivity index (χ3v) is 4.38. The van der Waals surface area contributed by atoms with Crippen molar-refractivity contribution >= 4 is 29.1 Å². The van der Waals surface area contributed by atoms with Crippen LogP contribution in [-0.4, -0.2) is 58.6 Å². The molecular weight excluding hydrogens is 311 g/mol. The molecule has 0 radical (unpaired) electrons. The van der Waals surface area contributed by atoms with Crippen LogP contribution in [0.5, 0.6) is 0 Å². The quantitative estimate of drug-likeness (QED) is 0.851. The molecule has 0 atom stereocenters. The number of carbonyl (C=O) groups excluding carboxylic acids is 1. The van der Waals surface area contributed by atoms with Crippen molar-refractivity contribution in [1.82, 2.24) is 20.0 Å². The van der Waals surface area contributed by atoms with E-state index in [1.54, 1.807) is 4.90 Å². The molecule has 1 amide bonds. The maximum Gasteiger partial charge on any atom is 0.257 e. The number of rotatable bonds is 4. The van der Waals surface area contributed by atoms with E-state index in [1.807, 2.05) is 7.05 Å². The molecule has 1 saturated heterocycles. The second-order valence-electron chi connectivity index (χ2n) is 5.36. The second-order valence-corrected chi connectivity index (χ2v) is 6.11. The van der Waals surface area contributed by atoms with Gasteiger partial charge < -0.3 is 9.80 Å². The van der Waals surface area contributed by atoms with Gasteiger partial charge in [0, 0.05) is 26.2 Å². The highest BCUT2D eigenvalue weighted by molar-refractivity contribution is 6.34. The number of amides is 1. The van der Waals surface area contributed by atoms with Crippen LogP contribution in [0.3, 0.4) is 0 Å². The van der Waals surface area contributed by atoms with Crippen LogP contribution in [0.2, 0.25) is 10.3 Å². The number of carbonyl (C=O) groups is 1. The average Bonchev–Trinajstić information content (AvgIpc) is 2.49. The van der Waals surface area contributed by atoms with Crippen molar-refractivity contribution < 1.29 is 4.79 Å². The Morgan fingerprint density at radius 3 is 2.67 bits per heavy atom. The summed E-state index contributed by atoms with van der Waals surface area (Å²) in [6.45, 7) is 5.36. The van der Waals surface area contributed by atoms with E-state index in [1.165, 1.54) is 6.07 Å². The highest BCUT2D eigenvalue weighted by Gasteiger charge is 2.27. The maximum atomic E-state index is 12.5. The Balaban J connectivity index is 2.01. The van der Waals surface area contributed by atoms with Crippen molar-refractivity contribution in [2.24, 2.45) is 0 Å². The summed E-state index contributed by atoms with van der Waals surface area (Å²) in [7, 11) is 1.81. The first-order valence-corrected chi connectivity index (χ1v) is 7.96. The summed E-state index contributed by atoms with van der Waals surface area (Å²) in [6.07, 6.45) is 3.12. The zero-order valence-corrected chi connectivity index (χ0v) is 13.9. The van der Waals surface area contributed by atoms with Crippen molar-refractivity contribution in [3.63, 3.8) is 0 Å². The molecule has 0 spiro atoms. The minimum atomic E-state index is -0.147. The average molecular weight is 331 g/mol. The smallest absolute Gasteiger partial charge is 0.257 e. The van der Waals surface area contributed by atoms with E-state index in [-0.39, 0.29) is 22.3 Å². The molecule has 21 heavy (non-hydrogen) atoms. The Bertz CT molecular complexity index is 504. The van der Waals surface area contributed by atoms with Gasteiger partial charge in [-0.1, -0.05) is 30.1 Å². The predicted molar refractivity (Wildman–Crippen MR) is 83.9 cm³/mol. The molecule has 1 aromatic heterocycles. The zero-order valence-electron chi connectivity index (χ0n) is 12.4. The summed E-state index contributed by atoms with van der Waals surface area (Å²) < 4.78 is 0. The van der Waals surface area contributed by atoms with E-state index in [4.69, 9.17) is 23.2 Å². The summed E-state index contributed by atoms with van der Waals surface area (Å²) in [5, 5.41) is 7.59. The standard InChI is InChI=1S/C14H20Cl2N4O/c1-3-6-20-7-4-10(5-8-20)19(2)14(21)11-9-12(15)17-18-13(11)16/h9-10H,3-8H2,1-2H3. The molecule has 116 valence electrons. The Kier molecular flexibility index (Phi) is 5.79. The fourth-order valence-corrected chi connectivity index (χ4v) is 3.03. The molecule has 2 rings (SSSR count). The Morgan fingerprint density at radius 2 is 2.05 bits per heavy atom. The Labute approximate surface area is 135 Å². The molecule has 0 N–H and O–H groups in total. The molecule has 0 bridgehead atoms. The van der Waals surface area contributed by atoms with E-state index < -0.39 is 0 Å². The van der Waals surface area contributed by atoms with Crippen molar-refractivity contribution in [2.45, 2.75) is 32.2 Å². The van der Waals surface area contributed by atoms with Crippen LogP contribution in [0.25, 0.3) is 0 Å². The van der Waals surface area contributed by atoms with Gasteiger partial charge in [0.15, 0.2) is 10.3 Å². The molecule has 0 aliphatic carbocycles. The summed E-state index contributed by atoms with van der Waals surface area (Å²) in [5.41, 5.74) is 0.315. The normalized spacial score (nSPS) is 17.0. The third-order valence-electron chi connectivity index (χ3n) is 3.91. The highest BCUT2D eigenvalue weighted by Crippen LogP contribution is 2.21. The van der Waals surface area contributed by atoms with Gasteiger partial charge in [-0.3, -0.25) is 4.79 Å². The summed E-state index contributed by atoms with van der Waals surface area (Å²) in [6, 6.07) is 1.70. The van der Waals surface area contributed by atoms with E-state index >= 15 is 0 Å². The number of aromatic nitrogens is 2. The predicted octanol–water partition coefficient (Wildman–Crippen LogP) is 2.73. The third kappa shape index (κ3) is 4.05. The molecule has 2 heterocycles. The van der Waals surface area contributed by atoms with Gasteiger partial charge in [0.05, 0.1) is 5.56 Å². The first kappa shape index (κ1) is 16.5. The molecule has 1 aromatic rings. The highest BCUT2D eigenvalue weighted by atomic mass is 35.5. The number of piperidine rings is 1. The monoisotopic (exact) mass is 330 g/mol. The summed E-state index contributed by atoms with van der Waals surface area (Å²) in [4.78, 5) is 16.7. The first-order valence-electron chi connectivity index (χ1n) is 7.21. The van der Waals surface area contributed by atoms with E-state index in [0.29, 0.717) is 5.56 Å². The molecule has 1 aliphatic rings. The van der Waals surface area contributed by atoms with Gasteiger partial charge in [0.25, 0.3) is 5.91 Å². The Hall–Kier alpha value is -0.910. The van der Waals surface area contributed by atoms with Gasteiger partial charge in [-0.15, -0.1) is 10.2 Å². The molecule has 5 nitrogen and oxygen atoms in total. The minimum Gasteiger partial charge on any atom is -0.339 e. The van der Waals surface area contributed by atoms with Gasteiger partial charge in [-0.25, -0.2) is 0 Å². The van der Waals surface area contributed by atoms with Crippen molar-refractivity contribution in [2.75, 3.05) is 26.7 Å². The first-order chi connectivity index (χ1) is 10.0. The topological polar surface area (TPSA) is 49.3 Å². The summed E-state index contributed by atoms with van der Waals surface area (Å²) in [5.74, 6) is -0.147. The van der Waals surface area contributed by atoms with Gasteiger partial charge >= 0.3 is 0 Å². The molecule has 0 aromatic carbocycles. The van der Waals surface area contributed by atoms with E-state index in [2.05, 4.69) is 22.0 Å². The number of likely N-dealkylation sites (tertiary alicyclic amines) is 1. The molecule has 0 unspecified atom stereocenters. The summed E-state index contributed by atoms with van der Waals surface area (Å²) >= 11 is 11.7. The SMILES string of the molecule is CCCN1CCC(N(C)C(=O)c2cc(Cl)nnc2Cl)CC1. The zero-order chi connectivity index (χ0) is 15.4. The van der Waals surface area contributed by atoms with Crippen LogP contribution in [0.15, 0.2) is 6.07 Å².